The third kappa shape index (κ3) is 1.48. The average Bonchev–Trinajstić information content (AvgIpc) is 3.02. The van der Waals surface area contributed by atoms with Gasteiger partial charge in [0.15, 0.2) is 0 Å². The molecule has 2 unspecified atom stereocenters. The number of hydrogen-bond acceptors (Lipinski definition) is 2. The molecule has 2 aliphatic rings. The monoisotopic (exact) mass is 241 g/mol. The highest BCUT2D eigenvalue weighted by Gasteiger charge is 2.32. The van der Waals surface area contributed by atoms with Gasteiger partial charge in [-0.05, 0) is 52.8 Å². The molecular formula is C15H15NS. The third-order valence-electron chi connectivity index (χ3n) is 4.11. The van der Waals surface area contributed by atoms with E-state index in [0.29, 0.717) is 0 Å². The van der Waals surface area contributed by atoms with Crippen molar-refractivity contribution in [2.45, 2.75) is 6.42 Å². The lowest BCUT2D eigenvalue weighted by Gasteiger charge is -2.07. The van der Waals surface area contributed by atoms with Gasteiger partial charge in [-0.2, -0.15) is 0 Å². The topological polar surface area (TPSA) is 12.0 Å². The van der Waals surface area contributed by atoms with Gasteiger partial charge in [0.05, 0.1) is 0 Å². The van der Waals surface area contributed by atoms with Crippen LogP contribution in [0.25, 0.3) is 15.7 Å². The molecule has 0 bridgehead atoms. The number of rotatable bonds is 1. The van der Waals surface area contributed by atoms with E-state index < -0.39 is 0 Å². The van der Waals surface area contributed by atoms with E-state index in [9.17, 15) is 0 Å². The van der Waals surface area contributed by atoms with Crippen molar-refractivity contribution in [1.29, 1.82) is 0 Å². The summed E-state index contributed by atoms with van der Waals surface area (Å²) in [6.07, 6.45) is 3.77. The van der Waals surface area contributed by atoms with E-state index in [1.165, 1.54) is 35.2 Å². The molecule has 1 aromatic carbocycles. The molecule has 1 N–H and O–H groups in total. The molecule has 1 fully saturated rings. The average molecular weight is 241 g/mol. The van der Waals surface area contributed by atoms with Crippen molar-refractivity contribution in [3.63, 3.8) is 0 Å². The molecule has 2 aromatic rings. The van der Waals surface area contributed by atoms with Crippen molar-refractivity contribution in [3.05, 3.63) is 41.3 Å². The maximum absolute atomic E-state index is 3.49. The molecule has 1 saturated heterocycles. The van der Waals surface area contributed by atoms with E-state index in [0.717, 1.165) is 11.8 Å². The normalized spacial score (nSPS) is 27.4. The molecule has 17 heavy (non-hydrogen) atoms. The van der Waals surface area contributed by atoms with Gasteiger partial charge in [0.25, 0.3) is 0 Å². The maximum atomic E-state index is 3.49. The fourth-order valence-corrected chi connectivity index (χ4v) is 4.18. The summed E-state index contributed by atoms with van der Waals surface area (Å²) in [4.78, 5) is 0. The quantitative estimate of drug-likeness (QED) is 0.805. The van der Waals surface area contributed by atoms with E-state index >= 15 is 0 Å². The minimum atomic E-state index is 0.778. The van der Waals surface area contributed by atoms with Crippen LogP contribution in [-0.4, -0.2) is 13.1 Å². The predicted octanol–water partition coefficient (Wildman–Crippen LogP) is 3.52. The van der Waals surface area contributed by atoms with Crippen LogP contribution in [0, 0.1) is 11.8 Å². The molecule has 0 radical (unpaired) electrons. The van der Waals surface area contributed by atoms with Crippen LogP contribution in [0.5, 0.6) is 0 Å². The number of nitrogens with one attached hydrogen (secondary N) is 1. The van der Waals surface area contributed by atoms with Crippen molar-refractivity contribution < 1.29 is 0 Å². The zero-order chi connectivity index (χ0) is 11.2. The van der Waals surface area contributed by atoms with Gasteiger partial charge < -0.3 is 5.32 Å². The summed E-state index contributed by atoms with van der Waals surface area (Å²) in [6, 6.07) is 8.92. The zero-order valence-corrected chi connectivity index (χ0v) is 10.5. The van der Waals surface area contributed by atoms with Crippen molar-refractivity contribution >= 4 is 27.0 Å². The highest BCUT2D eigenvalue weighted by molar-refractivity contribution is 7.17. The van der Waals surface area contributed by atoms with Crippen LogP contribution >= 0.6 is 11.3 Å². The van der Waals surface area contributed by atoms with Gasteiger partial charge in [0, 0.05) is 11.2 Å². The van der Waals surface area contributed by atoms with Gasteiger partial charge >= 0.3 is 0 Å². The first-order valence-electron chi connectivity index (χ1n) is 6.30. The lowest BCUT2D eigenvalue weighted by molar-refractivity contribution is 0.536. The van der Waals surface area contributed by atoms with Crippen LogP contribution in [0.2, 0.25) is 0 Å². The van der Waals surface area contributed by atoms with E-state index in [-0.39, 0.29) is 0 Å². The van der Waals surface area contributed by atoms with Crippen LogP contribution in [0.15, 0.2) is 35.7 Å². The highest BCUT2D eigenvalue weighted by atomic mass is 32.1. The van der Waals surface area contributed by atoms with Gasteiger partial charge in [-0.3, -0.25) is 0 Å². The molecule has 4 rings (SSSR count). The van der Waals surface area contributed by atoms with Crippen molar-refractivity contribution in [1.82, 2.24) is 5.32 Å². The number of hydrogen-bond donors (Lipinski definition) is 1. The second kappa shape index (κ2) is 3.69. The van der Waals surface area contributed by atoms with Crippen molar-refractivity contribution in [3.8, 4) is 0 Å². The van der Waals surface area contributed by atoms with Crippen LogP contribution in [0.3, 0.4) is 0 Å². The second-order valence-corrected chi connectivity index (χ2v) is 6.04. The molecule has 2 heterocycles. The molecule has 0 saturated carbocycles. The van der Waals surface area contributed by atoms with Crippen LogP contribution < -0.4 is 5.32 Å². The smallest absolute Gasteiger partial charge is 0.0417 e. The van der Waals surface area contributed by atoms with E-state index in [1.54, 1.807) is 5.57 Å². The van der Waals surface area contributed by atoms with E-state index in [2.05, 4.69) is 41.0 Å². The van der Waals surface area contributed by atoms with Gasteiger partial charge in [0.1, 0.15) is 0 Å². The minimum absolute atomic E-state index is 0.778. The van der Waals surface area contributed by atoms with Crippen LogP contribution in [0.4, 0.5) is 0 Å². The second-order valence-electron chi connectivity index (χ2n) is 5.12. The molecule has 2 heteroatoms. The minimum Gasteiger partial charge on any atom is -0.316 e. The largest absolute Gasteiger partial charge is 0.316 e. The fraction of sp³-hybridized carbons (Fsp3) is 0.333. The lowest BCUT2D eigenvalue weighted by atomic mass is 9.98. The first kappa shape index (κ1) is 9.86. The van der Waals surface area contributed by atoms with E-state index in [4.69, 9.17) is 0 Å². The Hall–Kier alpha value is -1.12. The molecule has 1 aliphatic heterocycles. The highest BCUT2D eigenvalue weighted by Crippen LogP contribution is 2.41. The first-order valence-corrected chi connectivity index (χ1v) is 7.18. The molecule has 1 aliphatic carbocycles. The van der Waals surface area contributed by atoms with Gasteiger partial charge in [-0.25, -0.2) is 0 Å². The SMILES string of the molecule is C1=C(c2cccc3ccsc23)CC2CNCC12. The molecular weight excluding hydrogens is 226 g/mol. The van der Waals surface area contributed by atoms with Gasteiger partial charge in [0.2, 0.25) is 0 Å². The number of thiophene rings is 1. The molecule has 1 aromatic heterocycles. The third-order valence-corrected chi connectivity index (χ3v) is 5.08. The van der Waals surface area contributed by atoms with Crippen LogP contribution in [-0.2, 0) is 0 Å². The van der Waals surface area contributed by atoms with Crippen molar-refractivity contribution in [2.75, 3.05) is 13.1 Å². The predicted molar refractivity (Wildman–Crippen MR) is 74.3 cm³/mol. The first-order chi connectivity index (χ1) is 8.42. The molecule has 1 nitrogen and oxygen atoms in total. The number of fused-ring (bicyclic) bond motifs is 2. The van der Waals surface area contributed by atoms with Crippen molar-refractivity contribution in [2.24, 2.45) is 11.8 Å². The Morgan fingerprint density at radius 2 is 2.18 bits per heavy atom. The van der Waals surface area contributed by atoms with E-state index in [1.807, 2.05) is 11.3 Å². The Bertz CT molecular complexity index is 596. The summed E-state index contributed by atoms with van der Waals surface area (Å²) in [6.45, 7) is 2.37. The summed E-state index contributed by atoms with van der Waals surface area (Å²) in [5.41, 5.74) is 3.06. The number of allylic oxidation sites excluding steroid dienone is 1. The molecule has 86 valence electrons. The molecule has 0 amide bonds. The number of benzene rings is 1. The molecule has 0 spiro atoms. The Morgan fingerprint density at radius 3 is 3.12 bits per heavy atom. The van der Waals surface area contributed by atoms with Gasteiger partial charge in [-0.1, -0.05) is 24.3 Å². The zero-order valence-electron chi connectivity index (χ0n) is 9.65. The van der Waals surface area contributed by atoms with Gasteiger partial charge in [-0.15, -0.1) is 11.3 Å². The maximum Gasteiger partial charge on any atom is 0.0417 e. The Balaban J connectivity index is 1.82. The summed E-state index contributed by atoms with van der Waals surface area (Å²) < 4.78 is 1.46. The Morgan fingerprint density at radius 1 is 1.18 bits per heavy atom. The summed E-state index contributed by atoms with van der Waals surface area (Å²) >= 11 is 1.87. The lowest BCUT2D eigenvalue weighted by Crippen LogP contribution is -2.09. The Kier molecular flexibility index (Phi) is 2.14. The molecule has 2 atom stereocenters. The fourth-order valence-electron chi connectivity index (χ4n) is 3.23. The summed E-state index contributed by atoms with van der Waals surface area (Å²) in [5, 5.41) is 7.08. The summed E-state index contributed by atoms with van der Waals surface area (Å²) in [7, 11) is 0. The van der Waals surface area contributed by atoms with Crippen LogP contribution in [0.1, 0.15) is 12.0 Å². The Labute approximate surface area is 105 Å². The standard InChI is InChI=1S/C15H15NS/c1-2-10-4-5-17-15(10)14(3-1)11-6-12-8-16-9-13(12)7-11/h1-6,12-13,16H,7-9H2. The summed E-state index contributed by atoms with van der Waals surface area (Å²) in [5.74, 6) is 1.63.